The summed E-state index contributed by atoms with van der Waals surface area (Å²) in [5.41, 5.74) is 5.25. The summed E-state index contributed by atoms with van der Waals surface area (Å²) >= 11 is 0. The fourth-order valence-electron chi connectivity index (χ4n) is 5.00. The molecule has 5 heteroatoms. The molecule has 1 atom stereocenters. The fraction of sp³-hybridized carbons (Fsp3) is 0.360. The van der Waals surface area contributed by atoms with Crippen molar-refractivity contribution in [2.24, 2.45) is 5.92 Å². The number of fused-ring (bicyclic) bond motifs is 3. The van der Waals surface area contributed by atoms with Crippen molar-refractivity contribution in [3.8, 4) is 0 Å². The highest BCUT2D eigenvalue weighted by Crippen LogP contribution is 2.34. The van der Waals surface area contributed by atoms with Gasteiger partial charge in [-0.1, -0.05) is 36.4 Å². The second-order valence-electron chi connectivity index (χ2n) is 8.55. The minimum absolute atomic E-state index is 0.569. The summed E-state index contributed by atoms with van der Waals surface area (Å²) < 4.78 is 39.0. The molecule has 5 rings (SSSR count). The molecule has 0 amide bonds. The first-order valence-electron chi connectivity index (χ1n) is 10.6. The van der Waals surface area contributed by atoms with Crippen LogP contribution in [0.3, 0.4) is 0 Å². The van der Waals surface area contributed by atoms with E-state index in [1.165, 1.54) is 40.7 Å². The lowest BCUT2D eigenvalue weighted by Gasteiger charge is -2.32. The number of hydrogen-bond acceptors (Lipinski definition) is 1. The highest BCUT2D eigenvalue weighted by molar-refractivity contribution is 5.84. The van der Waals surface area contributed by atoms with Crippen LogP contribution in [-0.2, 0) is 19.0 Å². The van der Waals surface area contributed by atoms with Crippen LogP contribution in [-0.4, -0.2) is 29.5 Å². The van der Waals surface area contributed by atoms with Crippen molar-refractivity contribution in [2.45, 2.75) is 31.9 Å². The maximum atomic E-state index is 13.0. The van der Waals surface area contributed by atoms with Gasteiger partial charge in [0.2, 0.25) is 0 Å². The van der Waals surface area contributed by atoms with Gasteiger partial charge in [0.25, 0.3) is 0 Å². The topological polar surface area (TPSA) is 19.0 Å². The molecule has 0 saturated carbocycles. The number of alkyl halides is 3. The summed E-state index contributed by atoms with van der Waals surface area (Å²) in [7, 11) is 0. The molecule has 0 bridgehead atoms. The Morgan fingerprint density at radius 3 is 2.70 bits per heavy atom. The Labute approximate surface area is 174 Å². The molecule has 1 aliphatic heterocycles. The van der Waals surface area contributed by atoms with Crippen LogP contribution in [0.4, 0.5) is 13.2 Å². The van der Waals surface area contributed by atoms with E-state index in [0.29, 0.717) is 11.5 Å². The number of rotatable bonds is 3. The van der Waals surface area contributed by atoms with Gasteiger partial charge in [0.1, 0.15) is 0 Å². The zero-order valence-electron chi connectivity index (χ0n) is 16.8. The minimum Gasteiger partial charge on any atom is -0.358 e. The molecular weight excluding hydrogens is 385 g/mol. The molecule has 0 radical (unpaired) electrons. The van der Waals surface area contributed by atoms with Crippen LogP contribution in [0.2, 0.25) is 0 Å². The molecule has 1 unspecified atom stereocenters. The number of nitrogens with zero attached hydrogens (tertiary/aromatic N) is 1. The number of halogens is 3. The van der Waals surface area contributed by atoms with Crippen molar-refractivity contribution in [1.82, 2.24) is 9.88 Å². The van der Waals surface area contributed by atoms with E-state index in [9.17, 15) is 13.2 Å². The first kappa shape index (κ1) is 19.4. The average Bonchev–Trinajstić information content (AvgIpc) is 3.12. The van der Waals surface area contributed by atoms with Gasteiger partial charge in [0, 0.05) is 36.2 Å². The summed E-state index contributed by atoms with van der Waals surface area (Å²) in [4.78, 5) is 6.02. The monoisotopic (exact) mass is 410 g/mol. The standard InChI is InChI=1S/C25H25F3N2/c26-25(27,28)20-5-3-4-19(15-20)18-10-12-30(13-11-18)16-17-8-9-24-22(14-17)21-6-1-2-7-23(21)29-24/h1-7,10,15,17,29H,8-9,11-14,16H2. The predicted octanol–water partition coefficient (Wildman–Crippen LogP) is 6.08. The van der Waals surface area contributed by atoms with E-state index in [0.717, 1.165) is 50.5 Å². The van der Waals surface area contributed by atoms with Crippen LogP contribution in [0.25, 0.3) is 16.5 Å². The summed E-state index contributed by atoms with van der Waals surface area (Å²) in [6.07, 6.45) is 1.99. The molecule has 1 aromatic heterocycles. The second-order valence-corrected chi connectivity index (χ2v) is 8.55. The molecule has 0 saturated heterocycles. The van der Waals surface area contributed by atoms with Crippen LogP contribution in [0.5, 0.6) is 0 Å². The van der Waals surface area contributed by atoms with Crippen molar-refractivity contribution < 1.29 is 13.2 Å². The zero-order valence-corrected chi connectivity index (χ0v) is 16.8. The highest BCUT2D eigenvalue weighted by atomic mass is 19.4. The minimum atomic E-state index is -4.29. The van der Waals surface area contributed by atoms with Crippen LogP contribution in [0.15, 0.2) is 54.6 Å². The SMILES string of the molecule is FC(F)(F)c1cccc(C2=CCN(CC3CCc4[nH]c5ccccc5c4C3)CC2)c1. The third-order valence-electron chi connectivity index (χ3n) is 6.57. The molecule has 2 aromatic carbocycles. The Morgan fingerprint density at radius 1 is 1.03 bits per heavy atom. The molecule has 30 heavy (non-hydrogen) atoms. The Kier molecular flexibility index (Phi) is 4.94. The quantitative estimate of drug-likeness (QED) is 0.554. The molecular formula is C25H25F3N2. The number of nitrogens with one attached hydrogen (secondary N) is 1. The fourth-order valence-corrected chi connectivity index (χ4v) is 5.00. The van der Waals surface area contributed by atoms with Crippen LogP contribution in [0.1, 0.15) is 35.2 Å². The van der Waals surface area contributed by atoms with Gasteiger partial charge < -0.3 is 4.98 Å². The van der Waals surface area contributed by atoms with Gasteiger partial charge >= 0.3 is 6.18 Å². The number of para-hydroxylation sites is 1. The maximum Gasteiger partial charge on any atom is 0.416 e. The van der Waals surface area contributed by atoms with E-state index in [1.807, 2.05) is 0 Å². The number of benzene rings is 2. The van der Waals surface area contributed by atoms with E-state index in [4.69, 9.17) is 0 Å². The van der Waals surface area contributed by atoms with Crippen LogP contribution >= 0.6 is 0 Å². The molecule has 2 heterocycles. The van der Waals surface area contributed by atoms with Gasteiger partial charge in [-0.2, -0.15) is 13.2 Å². The van der Waals surface area contributed by atoms with Crippen molar-refractivity contribution in [1.29, 1.82) is 0 Å². The van der Waals surface area contributed by atoms with E-state index in [-0.39, 0.29) is 0 Å². The summed E-state index contributed by atoms with van der Waals surface area (Å²) in [6, 6.07) is 14.2. The molecule has 1 aliphatic carbocycles. The lowest BCUT2D eigenvalue weighted by Crippen LogP contribution is -2.35. The lowest BCUT2D eigenvalue weighted by atomic mass is 9.85. The Hall–Kier alpha value is -2.53. The lowest BCUT2D eigenvalue weighted by molar-refractivity contribution is -0.137. The number of aromatic amines is 1. The highest BCUT2D eigenvalue weighted by Gasteiger charge is 2.31. The zero-order chi connectivity index (χ0) is 20.7. The van der Waals surface area contributed by atoms with Crippen molar-refractivity contribution in [3.63, 3.8) is 0 Å². The van der Waals surface area contributed by atoms with Gasteiger partial charge in [0.15, 0.2) is 0 Å². The van der Waals surface area contributed by atoms with Crippen molar-refractivity contribution >= 4 is 16.5 Å². The molecule has 0 fully saturated rings. The first-order chi connectivity index (χ1) is 14.5. The number of H-pyrrole nitrogens is 1. The normalized spacial score (nSPS) is 20.2. The summed E-state index contributed by atoms with van der Waals surface area (Å²) in [5, 5.41) is 1.35. The van der Waals surface area contributed by atoms with Crippen molar-refractivity contribution in [3.05, 3.63) is 77.0 Å². The summed E-state index contributed by atoms with van der Waals surface area (Å²) in [5.74, 6) is 0.625. The molecule has 0 spiro atoms. The molecule has 3 aromatic rings. The Morgan fingerprint density at radius 2 is 1.90 bits per heavy atom. The summed E-state index contributed by atoms with van der Waals surface area (Å²) in [6.45, 7) is 2.76. The van der Waals surface area contributed by atoms with Crippen molar-refractivity contribution in [2.75, 3.05) is 19.6 Å². The largest absolute Gasteiger partial charge is 0.416 e. The third kappa shape index (κ3) is 3.79. The Bertz CT molecular complexity index is 1090. The van der Waals surface area contributed by atoms with Crippen LogP contribution < -0.4 is 0 Å². The maximum absolute atomic E-state index is 13.0. The smallest absolute Gasteiger partial charge is 0.358 e. The predicted molar refractivity (Wildman–Crippen MR) is 114 cm³/mol. The van der Waals surface area contributed by atoms with Gasteiger partial charge in [-0.15, -0.1) is 0 Å². The first-order valence-corrected chi connectivity index (χ1v) is 10.6. The molecule has 1 N–H and O–H groups in total. The van der Waals surface area contributed by atoms with E-state index < -0.39 is 11.7 Å². The molecule has 2 nitrogen and oxygen atoms in total. The molecule has 2 aliphatic rings. The number of aromatic nitrogens is 1. The third-order valence-corrected chi connectivity index (χ3v) is 6.57. The number of aryl methyl sites for hydroxylation is 1. The number of hydrogen-bond donors (Lipinski definition) is 1. The Balaban J connectivity index is 1.25. The van der Waals surface area contributed by atoms with Crippen LogP contribution in [0, 0.1) is 5.92 Å². The van der Waals surface area contributed by atoms with Gasteiger partial charge in [-0.3, -0.25) is 4.90 Å². The van der Waals surface area contributed by atoms with E-state index in [1.54, 1.807) is 6.07 Å². The van der Waals surface area contributed by atoms with E-state index in [2.05, 4.69) is 40.2 Å². The average molecular weight is 410 g/mol. The van der Waals surface area contributed by atoms with Gasteiger partial charge in [0.05, 0.1) is 5.56 Å². The van der Waals surface area contributed by atoms with E-state index >= 15 is 0 Å². The van der Waals surface area contributed by atoms with Gasteiger partial charge in [-0.05, 0) is 66.5 Å². The van der Waals surface area contributed by atoms with Gasteiger partial charge in [-0.25, -0.2) is 0 Å². The molecule has 156 valence electrons. The second kappa shape index (κ2) is 7.62.